The van der Waals surface area contributed by atoms with Crippen molar-refractivity contribution in [3.05, 3.63) is 52.3 Å². The Hall–Kier alpha value is -1.91. The number of hydrogen-bond donors (Lipinski definition) is 1. The molecule has 0 amide bonds. The highest BCUT2D eigenvalue weighted by atomic mass is 79.9. The topological polar surface area (TPSA) is 82.8 Å². The number of sulfonamides is 1. The van der Waals surface area contributed by atoms with Crippen LogP contribution in [0, 0.1) is 18.3 Å². The van der Waals surface area contributed by atoms with Crippen LogP contribution in [0.25, 0.3) is 0 Å². The van der Waals surface area contributed by atoms with E-state index in [1.165, 1.54) is 18.5 Å². The predicted molar refractivity (Wildman–Crippen MR) is 78.6 cm³/mol. The van der Waals surface area contributed by atoms with Crippen molar-refractivity contribution in [2.75, 3.05) is 4.72 Å². The third-order valence-corrected chi connectivity index (χ3v) is 4.76. The third-order valence-electron chi connectivity index (χ3n) is 2.62. The van der Waals surface area contributed by atoms with Crippen molar-refractivity contribution in [3.63, 3.8) is 0 Å². The Balaban J connectivity index is 2.47. The van der Waals surface area contributed by atoms with Crippen LogP contribution in [0.2, 0.25) is 0 Å². The van der Waals surface area contributed by atoms with Crippen LogP contribution in [0.15, 0.2) is 46.0 Å². The maximum Gasteiger partial charge on any atom is 0.262 e. The number of aryl methyl sites for hydroxylation is 1. The molecule has 1 aromatic heterocycles. The molecule has 1 N–H and O–H groups in total. The number of pyridine rings is 1. The van der Waals surface area contributed by atoms with E-state index in [2.05, 4.69) is 25.6 Å². The summed E-state index contributed by atoms with van der Waals surface area (Å²) >= 11 is 3.23. The van der Waals surface area contributed by atoms with Gasteiger partial charge in [-0.25, -0.2) is 8.42 Å². The molecule has 0 radical (unpaired) electrons. The summed E-state index contributed by atoms with van der Waals surface area (Å²) in [6.45, 7) is 1.68. The Morgan fingerprint density at radius 2 is 2.10 bits per heavy atom. The molecule has 1 aromatic carbocycles. The second-order valence-corrected chi connectivity index (χ2v) is 6.56. The lowest BCUT2D eigenvalue weighted by Gasteiger charge is -2.11. The van der Waals surface area contributed by atoms with Crippen LogP contribution in [0.5, 0.6) is 0 Å². The van der Waals surface area contributed by atoms with E-state index in [-0.39, 0.29) is 4.90 Å². The quantitative estimate of drug-likeness (QED) is 0.921. The van der Waals surface area contributed by atoms with Gasteiger partial charge in [0.1, 0.15) is 0 Å². The summed E-state index contributed by atoms with van der Waals surface area (Å²) < 4.78 is 27.8. The number of aromatic nitrogens is 1. The van der Waals surface area contributed by atoms with Crippen molar-refractivity contribution >= 4 is 31.6 Å². The number of benzene rings is 1. The van der Waals surface area contributed by atoms with E-state index in [4.69, 9.17) is 5.26 Å². The monoisotopic (exact) mass is 351 g/mol. The largest absolute Gasteiger partial charge is 0.278 e. The van der Waals surface area contributed by atoms with E-state index in [1.807, 2.05) is 6.07 Å². The molecule has 7 heteroatoms. The zero-order chi connectivity index (χ0) is 14.8. The first-order valence-corrected chi connectivity index (χ1v) is 7.85. The third kappa shape index (κ3) is 2.98. The highest BCUT2D eigenvalue weighted by Crippen LogP contribution is 2.25. The van der Waals surface area contributed by atoms with Gasteiger partial charge >= 0.3 is 0 Å². The average molecular weight is 352 g/mol. The van der Waals surface area contributed by atoms with E-state index in [1.54, 1.807) is 25.1 Å². The fourth-order valence-corrected chi connectivity index (χ4v) is 3.45. The summed E-state index contributed by atoms with van der Waals surface area (Å²) in [5.41, 5.74) is 1.26. The van der Waals surface area contributed by atoms with Crippen LogP contribution >= 0.6 is 15.9 Å². The molecule has 0 spiro atoms. The minimum atomic E-state index is -3.76. The van der Waals surface area contributed by atoms with Gasteiger partial charge in [0.05, 0.1) is 26.7 Å². The lowest BCUT2D eigenvalue weighted by atomic mass is 10.2. The SMILES string of the molecule is Cc1ccc(C#N)cc1S(=O)(=O)Nc1ccncc1Br. The summed E-state index contributed by atoms with van der Waals surface area (Å²) in [5.74, 6) is 0. The molecular formula is C13H10BrN3O2S. The summed E-state index contributed by atoms with van der Waals surface area (Å²) in [6.07, 6.45) is 2.98. The van der Waals surface area contributed by atoms with E-state index in [0.717, 1.165) is 0 Å². The maximum absolute atomic E-state index is 12.4. The van der Waals surface area contributed by atoms with Crippen molar-refractivity contribution in [1.82, 2.24) is 4.98 Å². The molecule has 0 aliphatic heterocycles. The van der Waals surface area contributed by atoms with Crippen LogP contribution in [0.3, 0.4) is 0 Å². The molecule has 2 rings (SSSR count). The summed E-state index contributed by atoms with van der Waals surface area (Å²) in [7, 11) is -3.76. The molecule has 0 bridgehead atoms. The molecule has 0 fully saturated rings. The van der Waals surface area contributed by atoms with E-state index in [9.17, 15) is 8.42 Å². The lowest BCUT2D eigenvalue weighted by molar-refractivity contribution is 0.600. The number of halogens is 1. The molecular weight excluding hydrogens is 342 g/mol. The number of hydrogen-bond acceptors (Lipinski definition) is 4. The van der Waals surface area contributed by atoms with E-state index >= 15 is 0 Å². The highest BCUT2D eigenvalue weighted by molar-refractivity contribution is 9.10. The standard InChI is InChI=1S/C13H10BrN3O2S/c1-9-2-3-10(7-15)6-13(9)20(18,19)17-12-4-5-16-8-11(12)14/h2-6,8H,1H3,(H,16,17). The van der Waals surface area contributed by atoms with Gasteiger partial charge in [-0.2, -0.15) is 5.26 Å². The van der Waals surface area contributed by atoms with Crippen molar-refractivity contribution < 1.29 is 8.42 Å². The number of nitrogens with one attached hydrogen (secondary N) is 1. The van der Waals surface area contributed by atoms with Crippen LogP contribution in [0.4, 0.5) is 5.69 Å². The van der Waals surface area contributed by atoms with Gasteiger partial charge in [0.15, 0.2) is 0 Å². The van der Waals surface area contributed by atoms with Gasteiger partial charge in [0.2, 0.25) is 0 Å². The number of anilines is 1. The van der Waals surface area contributed by atoms with Gasteiger partial charge in [-0.15, -0.1) is 0 Å². The Bertz CT molecular complexity index is 798. The van der Waals surface area contributed by atoms with Crippen molar-refractivity contribution in [1.29, 1.82) is 5.26 Å². The van der Waals surface area contributed by atoms with Crippen molar-refractivity contribution in [2.45, 2.75) is 11.8 Å². The summed E-state index contributed by atoms with van der Waals surface area (Å²) in [5, 5.41) is 8.87. The highest BCUT2D eigenvalue weighted by Gasteiger charge is 2.18. The normalized spacial score (nSPS) is 10.8. The predicted octanol–water partition coefficient (Wildman–Crippen LogP) is 2.83. The first kappa shape index (κ1) is 14.5. The number of rotatable bonds is 3. The molecule has 102 valence electrons. The first-order valence-electron chi connectivity index (χ1n) is 5.57. The first-order chi connectivity index (χ1) is 9.44. The van der Waals surface area contributed by atoms with Crippen molar-refractivity contribution in [2.24, 2.45) is 0 Å². The zero-order valence-electron chi connectivity index (χ0n) is 10.5. The van der Waals surface area contributed by atoms with E-state index in [0.29, 0.717) is 21.3 Å². The molecule has 0 aliphatic rings. The van der Waals surface area contributed by atoms with Gasteiger partial charge in [-0.1, -0.05) is 6.07 Å². The van der Waals surface area contributed by atoms with Gasteiger partial charge in [0.25, 0.3) is 10.0 Å². The van der Waals surface area contributed by atoms with Crippen LogP contribution in [-0.2, 0) is 10.0 Å². The summed E-state index contributed by atoms with van der Waals surface area (Å²) in [6, 6.07) is 8.02. The molecule has 0 saturated heterocycles. The molecule has 0 unspecified atom stereocenters. The summed E-state index contributed by atoms with van der Waals surface area (Å²) in [4.78, 5) is 3.95. The molecule has 0 atom stereocenters. The molecule has 0 aliphatic carbocycles. The van der Waals surface area contributed by atoms with Gasteiger partial charge in [-0.05, 0) is 46.6 Å². The molecule has 1 heterocycles. The second kappa shape index (κ2) is 5.61. The number of nitriles is 1. The van der Waals surface area contributed by atoms with Gasteiger partial charge in [0, 0.05) is 12.4 Å². The molecule has 2 aromatic rings. The Morgan fingerprint density at radius 1 is 1.35 bits per heavy atom. The smallest absolute Gasteiger partial charge is 0.262 e. The van der Waals surface area contributed by atoms with Gasteiger partial charge < -0.3 is 0 Å². The minimum absolute atomic E-state index is 0.0836. The van der Waals surface area contributed by atoms with Gasteiger partial charge in [-0.3, -0.25) is 9.71 Å². The molecule has 0 saturated carbocycles. The molecule has 5 nitrogen and oxygen atoms in total. The minimum Gasteiger partial charge on any atom is -0.278 e. The lowest BCUT2D eigenvalue weighted by Crippen LogP contribution is -2.15. The van der Waals surface area contributed by atoms with Crippen LogP contribution < -0.4 is 4.72 Å². The fourth-order valence-electron chi connectivity index (χ4n) is 1.62. The Morgan fingerprint density at radius 3 is 2.75 bits per heavy atom. The Kier molecular flexibility index (Phi) is 4.06. The fraction of sp³-hybridized carbons (Fsp3) is 0.0769. The zero-order valence-corrected chi connectivity index (χ0v) is 12.9. The maximum atomic E-state index is 12.4. The van der Waals surface area contributed by atoms with Crippen LogP contribution in [0.1, 0.15) is 11.1 Å². The van der Waals surface area contributed by atoms with Crippen molar-refractivity contribution in [3.8, 4) is 6.07 Å². The average Bonchev–Trinajstić information content (AvgIpc) is 2.41. The number of nitrogens with zero attached hydrogens (tertiary/aromatic N) is 2. The van der Waals surface area contributed by atoms with Crippen LogP contribution in [-0.4, -0.2) is 13.4 Å². The molecule has 20 heavy (non-hydrogen) atoms. The second-order valence-electron chi connectivity index (χ2n) is 4.05. The van der Waals surface area contributed by atoms with E-state index < -0.39 is 10.0 Å². The Labute approximate surface area is 125 Å².